The van der Waals surface area contributed by atoms with E-state index in [1.165, 1.54) is 6.33 Å². The number of halogens is 2. The van der Waals surface area contributed by atoms with E-state index in [1.54, 1.807) is 0 Å². The minimum Gasteiger partial charge on any atom is -0.478 e. The number of hydrogen-bond donors (Lipinski definition) is 2. The molecule has 0 bridgehead atoms. The van der Waals surface area contributed by atoms with E-state index in [0.29, 0.717) is 11.8 Å². The molecule has 0 aliphatic rings. The zero-order valence-corrected chi connectivity index (χ0v) is 8.96. The van der Waals surface area contributed by atoms with E-state index < -0.39 is 23.2 Å². The van der Waals surface area contributed by atoms with E-state index in [-0.39, 0.29) is 10.1 Å². The van der Waals surface area contributed by atoms with E-state index in [4.69, 9.17) is 5.11 Å². The summed E-state index contributed by atoms with van der Waals surface area (Å²) in [6, 6.07) is 1.51. The fraction of sp³-hybridized carbons (Fsp3) is 0. The maximum atomic E-state index is 13.5. The zero-order valence-electron chi connectivity index (χ0n) is 8.15. The number of aromatic carboxylic acids is 1. The molecule has 5 nitrogen and oxygen atoms in total. The summed E-state index contributed by atoms with van der Waals surface area (Å²) in [6.07, 6.45) is 1.20. The van der Waals surface area contributed by atoms with Crippen LogP contribution in [0.3, 0.4) is 0 Å². The van der Waals surface area contributed by atoms with Gasteiger partial charge in [-0.05, 0) is 23.9 Å². The summed E-state index contributed by atoms with van der Waals surface area (Å²) in [7, 11) is 0. The Labute approximate surface area is 97.9 Å². The molecule has 0 fully saturated rings. The largest absolute Gasteiger partial charge is 0.478 e. The molecular weight excluding hydrogens is 252 g/mol. The number of hydrogen-bond acceptors (Lipinski definition) is 4. The molecule has 0 atom stereocenters. The van der Waals surface area contributed by atoms with Crippen molar-refractivity contribution in [3.8, 4) is 0 Å². The Hall–Kier alpha value is -1.96. The zero-order chi connectivity index (χ0) is 12.4. The van der Waals surface area contributed by atoms with Crippen molar-refractivity contribution in [2.45, 2.75) is 10.1 Å². The standard InChI is InChI=1S/C9H5F2N3O2S/c10-5-1-4(8(15)16)2-6(11)7(5)17-9-12-3-13-14-9/h1-3H,(H,15,16)(H,12,13,14). The van der Waals surface area contributed by atoms with Crippen molar-refractivity contribution in [2.24, 2.45) is 0 Å². The van der Waals surface area contributed by atoms with Crippen LogP contribution in [0.5, 0.6) is 0 Å². The molecule has 88 valence electrons. The fourth-order valence-corrected chi connectivity index (χ4v) is 1.83. The lowest BCUT2D eigenvalue weighted by atomic mass is 10.2. The molecule has 0 saturated carbocycles. The lowest BCUT2D eigenvalue weighted by Gasteiger charge is -2.03. The Morgan fingerprint density at radius 2 is 2.00 bits per heavy atom. The first-order valence-corrected chi connectivity index (χ1v) is 5.15. The van der Waals surface area contributed by atoms with Crippen LogP contribution >= 0.6 is 11.8 Å². The van der Waals surface area contributed by atoms with E-state index in [1.807, 2.05) is 0 Å². The summed E-state index contributed by atoms with van der Waals surface area (Å²) < 4.78 is 27.0. The maximum Gasteiger partial charge on any atom is 0.335 e. The molecule has 2 rings (SSSR count). The summed E-state index contributed by atoms with van der Waals surface area (Å²) in [4.78, 5) is 13.9. The SMILES string of the molecule is O=C(O)c1cc(F)c(Sc2ncn[nH]2)c(F)c1. The Morgan fingerprint density at radius 1 is 1.35 bits per heavy atom. The van der Waals surface area contributed by atoms with Gasteiger partial charge in [-0.25, -0.2) is 18.6 Å². The van der Waals surface area contributed by atoms with Crippen LogP contribution in [0, 0.1) is 11.6 Å². The molecular formula is C9H5F2N3O2S. The van der Waals surface area contributed by atoms with Crippen LogP contribution in [0.2, 0.25) is 0 Å². The highest BCUT2D eigenvalue weighted by Crippen LogP contribution is 2.30. The number of nitrogens with zero attached hydrogens (tertiary/aromatic N) is 2. The third-order valence-electron chi connectivity index (χ3n) is 1.84. The van der Waals surface area contributed by atoms with Crippen LogP contribution in [0.1, 0.15) is 10.4 Å². The normalized spacial score (nSPS) is 10.5. The Balaban J connectivity index is 2.38. The number of carbonyl (C=O) groups is 1. The molecule has 0 aliphatic heterocycles. The summed E-state index contributed by atoms with van der Waals surface area (Å²) >= 11 is 0.696. The van der Waals surface area contributed by atoms with Crippen LogP contribution in [0.25, 0.3) is 0 Å². The first-order chi connectivity index (χ1) is 8.08. The predicted molar refractivity (Wildman–Crippen MR) is 53.8 cm³/mol. The molecule has 2 aromatic rings. The number of carboxylic acids is 1. The van der Waals surface area contributed by atoms with Crippen molar-refractivity contribution >= 4 is 17.7 Å². The fourth-order valence-electron chi connectivity index (χ4n) is 1.12. The van der Waals surface area contributed by atoms with Crippen molar-refractivity contribution in [3.05, 3.63) is 35.7 Å². The molecule has 1 aromatic carbocycles. The van der Waals surface area contributed by atoms with E-state index in [9.17, 15) is 13.6 Å². The Bertz CT molecular complexity index is 536. The number of benzene rings is 1. The van der Waals surface area contributed by atoms with Crippen molar-refractivity contribution < 1.29 is 18.7 Å². The second kappa shape index (κ2) is 4.50. The van der Waals surface area contributed by atoms with E-state index >= 15 is 0 Å². The van der Waals surface area contributed by atoms with Crippen LogP contribution in [0.15, 0.2) is 28.5 Å². The molecule has 1 heterocycles. The molecule has 2 N–H and O–H groups in total. The summed E-state index contributed by atoms with van der Waals surface area (Å²) in [5, 5.41) is 14.8. The minimum absolute atomic E-state index is 0.214. The number of rotatable bonds is 3. The lowest BCUT2D eigenvalue weighted by molar-refractivity contribution is 0.0695. The first kappa shape index (κ1) is 11.5. The van der Waals surface area contributed by atoms with Gasteiger partial charge in [-0.15, -0.1) is 0 Å². The quantitative estimate of drug-likeness (QED) is 0.878. The van der Waals surface area contributed by atoms with Gasteiger partial charge in [0.2, 0.25) is 0 Å². The summed E-state index contributed by atoms with van der Waals surface area (Å²) in [5.74, 6) is -3.30. The predicted octanol–water partition coefficient (Wildman–Crippen LogP) is 1.93. The number of aromatic amines is 1. The van der Waals surface area contributed by atoms with Gasteiger partial charge in [0.05, 0.1) is 10.5 Å². The van der Waals surface area contributed by atoms with Crippen molar-refractivity contribution in [2.75, 3.05) is 0 Å². The topological polar surface area (TPSA) is 78.9 Å². The first-order valence-electron chi connectivity index (χ1n) is 4.33. The van der Waals surface area contributed by atoms with Crippen molar-refractivity contribution in [1.82, 2.24) is 15.2 Å². The lowest BCUT2D eigenvalue weighted by Crippen LogP contribution is -2.00. The van der Waals surface area contributed by atoms with Crippen LogP contribution in [-0.2, 0) is 0 Å². The molecule has 17 heavy (non-hydrogen) atoms. The minimum atomic E-state index is -1.39. The second-order valence-corrected chi connectivity index (χ2v) is 3.97. The highest BCUT2D eigenvalue weighted by molar-refractivity contribution is 7.99. The van der Waals surface area contributed by atoms with Crippen LogP contribution in [0.4, 0.5) is 8.78 Å². The monoisotopic (exact) mass is 257 g/mol. The van der Waals surface area contributed by atoms with Gasteiger partial charge in [-0.2, -0.15) is 5.10 Å². The Kier molecular flexibility index (Phi) is 3.05. The second-order valence-electron chi connectivity index (χ2n) is 2.97. The molecule has 0 saturated heterocycles. The van der Waals surface area contributed by atoms with E-state index in [2.05, 4.69) is 15.2 Å². The molecule has 8 heteroatoms. The van der Waals surface area contributed by atoms with Gasteiger partial charge >= 0.3 is 5.97 Å². The molecule has 0 radical (unpaired) electrons. The molecule has 0 aliphatic carbocycles. The van der Waals surface area contributed by atoms with Gasteiger partial charge in [0.1, 0.15) is 18.0 Å². The smallest absolute Gasteiger partial charge is 0.335 e. The van der Waals surface area contributed by atoms with Gasteiger partial charge in [0.25, 0.3) is 0 Å². The molecule has 0 spiro atoms. The number of carboxylic acid groups (broad SMARTS) is 1. The highest BCUT2D eigenvalue weighted by Gasteiger charge is 2.16. The van der Waals surface area contributed by atoms with Crippen molar-refractivity contribution in [3.63, 3.8) is 0 Å². The molecule has 0 amide bonds. The number of aromatic nitrogens is 3. The molecule has 0 unspecified atom stereocenters. The van der Waals surface area contributed by atoms with Gasteiger partial charge < -0.3 is 5.11 Å². The summed E-state index contributed by atoms with van der Waals surface area (Å²) in [6.45, 7) is 0. The number of nitrogens with one attached hydrogen (secondary N) is 1. The van der Waals surface area contributed by atoms with E-state index in [0.717, 1.165) is 12.1 Å². The average Bonchev–Trinajstić information content (AvgIpc) is 2.75. The Morgan fingerprint density at radius 3 is 2.47 bits per heavy atom. The van der Waals surface area contributed by atoms with Gasteiger partial charge in [-0.3, -0.25) is 5.10 Å². The third-order valence-corrected chi connectivity index (χ3v) is 2.82. The van der Waals surface area contributed by atoms with Gasteiger partial charge in [-0.1, -0.05) is 0 Å². The van der Waals surface area contributed by atoms with Crippen LogP contribution in [-0.4, -0.2) is 26.3 Å². The summed E-state index contributed by atoms with van der Waals surface area (Å²) in [5.41, 5.74) is -0.443. The average molecular weight is 257 g/mol. The van der Waals surface area contributed by atoms with Gasteiger partial charge in [0, 0.05) is 0 Å². The maximum absolute atomic E-state index is 13.5. The van der Waals surface area contributed by atoms with Crippen LogP contribution < -0.4 is 0 Å². The molecule has 1 aromatic heterocycles. The third kappa shape index (κ3) is 2.41. The van der Waals surface area contributed by atoms with Crippen molar-refractivity contribution in [1.29, 1.82) is 0 Å². The number of H-pyrrole nitrogens is 1. The highest BCUT2D eigenvalue weighted by atomic mass is 32.2. The van der Waals surface area contributed by atoms with Gasteiger partial charge in [0.15, 0.2) is 5.16 Å².